The summed E-state index contributed by atoms with van der Waals surface area (Å²) < 4.78 is 3.15. The third-order valence-corrected chi connectivity index (χ3v) is 4.46. The van der Waals surface area contributed by atoms with Gasteiger partial charge in [0.25, 0.3) is 5.56 Å². The number of fused-ring (bicyclic) bond motifs is 3. The van der Waals surface area contributed by atoms with Crippen molar-refractivity contribution in [2.24, 2.45) is 7.05 Å². The van der Waals surface area contributed by atoms with Gasteiger partial charge in [0, 0.05) is 19.3 Å². The van der Waals surface area contributed by atoms with Crippen LogP contribution in [-0.2, 0) is 20.0 Å². The second-order valence-electron chi connectivity index (χ2n) is 5.94. The van der Waals surface area contributed by atoms with E-state index in [1.54, 1.807) is 0 Å². The fourth-order valence-corrected chi connectivity index (χ4v) is 3.23. The number of benzene rings is 1. The van der Waals surface area contributed by atoms with Gasteiger partial charge in [-0.15, -0.1) is 0 Å². The van der Waals surface area contributed by atoms with Crippen LogP contribution < -0.4 is 11.2 Å². The highest BCUT2D eigenvalue weighted by Crippen LogP contribution is 2.26. The van der Waals surface area contributed by atoms with E-state index in [4.69, 9.17) is 0 Å². The van der Waals surface area contributed by atoms with Crippen molar-refractivity contribution >= 4 is 17.1 Å². The molecule has 0 saturated heterocycles. The lowest BCUT2D eigenvalue weighted by Crippen LogP contribution is -2.32. The van der Waals surface area contributed by atoms with Crippen LogP contribution in [0, 0.1) is 0 Å². The van der Waals surface area contributed by atoms with Crippen LogP contribution in [0.4, 0.5) is 0 Å². The zero-order valence-corrected chi connectivity index (χ0v) is 13.3. The van der Waals surface area contributed by atoms with Gasteiger partial charge in [-0.05, 0) is 23.6 Å². The minimum absolute atomic E-state index is 0.250. The number of allylic oxidation sites excluding steroid dienone is 3. The Labute approximate surface area is 138 Å². The highest BCUT2D eigenvalue weighted by atomic mass is 16.2. The van der Waals surface area contributed by atoms with E-state index < -0.39 is 5.69 Å². The van der Waals surface area contributed by atoms with Gasteiger partial charge in [-0.1, -0.05) is 48.6 Å². The Morgan fingerprint density at radius 2 is 1.92 bits per heavy atom. The summed E-state index contributed by atoms with van der Waals surface area (Å²) in [6, 6.07) is 10.0. The van der Waals surface area contributed by atoms with Crippen molar-refractivity contribution < 1.29 is 0 Å². The van der Waals surface area contributed by atoms with Crippen molar-refractivity contribution in [2.75, 3.05) is 0 Å². The van der Waals surface area contributed by atoms with Gasteiger partial charge in [-0.2, -0.15) is 0 Å². The van der Waals surface area contributed by atoms with Crippen LogP contribution >= 0.6 is 0 Å². The molecule has 0 radical (unpaired) electrons. The lowest BCUT2D eigenvalue weighted by Gasteiger charge is -2.09. The number of hydrogen-bond acceptors (Lipinski definition) is 2. The van der Waals surface area contributed by atoms with Crippen LogP contribution in [0.1, 0.15) is 16.8 Å². The normalized spacial score (nSPS) is 13.2. The zero-order valence-electron chi connectivity index (χ0n) is 13.3. The van der Waals surface area contributed by atoms with Crippen molar-refractivity contribution in [3.05, 3.63) is 86.2 Å². The molecule has 4 rings (SSSR count). The molecule has 0 fully saturated rings. The summed E-state index contributed by atoms with van der Waals surface area (Å²) in [7, 11) is 1.50. The predicted molar refractivity (Wildman–Crippen MR) is 95.2 cm³/mol. The van der Waals surface area contributed by atoms with Crippen molar-refractivity contribution in [3.8, 4) is 0 Å². The lowest BCUT2D eigenvalue weighted by molar-refractivity contribution is 0.768. The highest BCUT2D eigenvalue weighted by molar-refractivity contribution is 5.85. The fraction of sp³-hybridized carbons (Fsp3) is 0.158. The maximum Gasteiger partial charge on any atom is 0.329 e. The third-order valence-electron chi connectivity index (χ3n) is 4.46. The van der Waals surface area contributed by atoms with Gasteiger partial charge >= 0.3 is 5.69 Å². The first-order valence-electron chi connectivity index (χ1n) is 7.88. The molecule has 3 aromatic rings. The molecule has 1 aromatic carbocycles. The van der Waals surface area contributed by atoms with Crippen molar-refractivity contribution in [3.63, 3.8) is 0 Å². The van der Waals surface area contributed by atoms with E-state index in [2.05, 4.69) is 4.98 Å². The number of aromatic amines is 1. The molecular formula is C19H17N3O2. The molecule has 0 atom stereocenters. The van der Waals surface area contributed by atoms with Gasteiger partial charge in [0.2, 0.25) is 0 Å². The average Bonchev–Trinajstić information content (AvgIpc) is 2.75. The predicted octanol–water partition coefficient (Wildman–Crippen LogP) is 2.20. The van der Waals surface area contributed by atoms with E-state index in [9.17, 15) is 9.59 Å². The van der Waals surface area contributed by atoms with Crippen molar-refractivity contribution in [1.82, 2.24) is 14.1 Å². The van der Waals surface area contributed by atoms with Crippen LogP contribution in [0.25, 0.3) is 17.1 Å². The largest absolute Gasteiger partial charge is 0.329 e. The Morgan fingerprint density at radius 3 is 2.71 bits per heavy atom. The molecule has 24 heavy (non-hydrogen) atoms. The van der Waals surface area contributed by atoms with Crippen molar-refractivity contribution in [2.45, 2.75) is 13.0 Å². The summed E-state index contributed by atoms with van der Waals surface area (Å²) in [5.41, 5.74) is 3.00. The van der Waals surface area contributed by atoms with Gasteiger partial charge in [-0.25, -0.2) is 4.79 Å². The van der Waals surface area contributed by atoms with Crippen LogP contribution in [0.5, 0.6) is 0 Å². The maximum absolute atomic E-state index is 12.7. The Kier molecular flexibility index (Phi) is 3.34. The monoisotopic (exact) mass is 319 g/mol. The molecule has 0 amide bonds. The Morgan fingerprint density at radius 1 is 1.12 bits per heavy atom. The summed E-state index contributed by atoms with van der Waals surface area (Å²) in [4.78, 5) is 27.7. The Balaban J connectivity index is 2.07. The topological polar surface area (TPSA) is 59.8 Å². The van der Waals surface area contributed by atoms with Crippen LogP contribution in [0.15, 0.2) is 58.1 Å². The van der Waals surface area contributed by atoms with Gasteiger partial charge in [0.1, 0.15) is 5.65 Å². The second-order valence-corrected chi connectivity index (χ2v) is 5.94. The maximum atomic E-state index is 12.7. The number of aromatic nitrogens is 3. The highest BCUT2D eigenvalue weighted by Gasteiger charge is 2.20. The summed E-state index contributed by atoms with van der Waals surface area (Å²) in [5, 5.41) is 0.597. The van der Waals surface area contributed by atoms with Gasteiger partial charge < -0.3 is 4.57 Å². The average molecular weight is 319 g/mol. The van der Waals surface area contributed by atoms with Gasteiger partial charge in [0.15, 0.2) is 0 Å². The Bertz CT molecular complexity index is 1100. The number of rotatable bonds is 2. The van der Waals surface area contributed by atoms with E-state index >= 15 is 0 Å². The first kappa shape index (κ1) is 14.5. The molecule has 1 aliphatic carbocycles. The molecule has 120 valence electrons. The molecule has 0 aliphatic heterocycles. The summed E-state index contributed by atoms with van der Waals surface area (Å²) in [6.45, 7) is 0.597. The van der Waals surface area contributed by atoms with Crippen LogP contribution in [0.3, 0.4) is 0 Å². The van der Waals surface area contributed by atoms with Crippen molar-refractivity contribution in [1.29, 1.82) is 0 Å². The first-order chi connectivity index (χ1) is 11.7. The lowest BCUT2D eigenvalue weighted by atomic mass is 10.1. The van der Waals surface area contributed by atoms with Crippen LogP contribution in [0.2, 0.25) is 0 Å². The molecule has 5 heteroatoms. The molecule has 2 aromatic heterocycles. The van der Waals surface area contributed by atoms with Gasteiger partial charge in [-0.3, -0.25) is 14.3 Å². The number of nitrogens with zero attached hydrogens (tertiary/aromatic N) is 2. The molecule has 0 bridgehead atoms. The molecule has 1 N–H and O–H groups in total. The summed E-state index contributed by atoms with van der Waals surface area (Å²) in [6.07, 6.45) is 8.64. The molecule has 5 nitrogen and oxygen atoms in total. The SMILES string of the molecule is Cn1c(=O)[nH]c2c(c3c(n2Cc2ccccc2)C=CC=CC3)c1=O. The van der Waals surface area contributed by atoms with E-state index in [-0.39, 0.29) is 5.56 Å². The van der Waals surface area contributed by atoms with E-state index in [1.807, 2.05) is 59.2 Å². The quantitative estimate of drug-likeness (QED) is 0.787. The minimum Gasteiger partial charge on any atom is -0.322 e. The van der Waals surface area contributed by atoms with E-state index in [0.29, 0.717) is 24.0 Å². The Hall–Kier alpha value is -3.08. The fourth-order valence-electron chi connectivity index (χ4n) is 3.23. The smallest absolute Gasteiger partial charge is 0.322 e. The molecule has 0 saturated carbocycles. The van der Waals surface area contributed by atoms with E-state index in [0.717, 1.165) is 21.4 Å². The van der Waals surface area contributed by atoms with Gasteiger partial charge in [0.05, 0.1) is 5.39 Å². The number of H-pyrrole nitrogens is 1. The molecular weight excluding hydrogens is 302 g/mol. The van der Waals surface area contributed by atoms with Crippen LogP contribution in [-0.4, -0.2) is 14.1 Å². The number of nitrogens with one attached hydrogen (secondary N) is 1. The standard InChI is InChI=1S/C19H17N3O2/c1-21-18(23)16-14-10-6-3-7-11-15(14)22(17(16)20-19(21)24)12-13-8-4-2-5-9-13/h2-9,11H,10,12H2,1H3,(H,20,24). The minimum atomic E-state index is -0.394. The molecule has 0 unspecified atom stereocenters. The summed E-state index contributed by atoms with van der Waals surface area (Å²) >= 11 is 0. The second kappa shape index (κ2) is 5.53. The number of hydrogen-bond donors (Lipinski definition) is 1. The molecule has 1 aliphatic rings. The molecule has 2 heterocycles. The zero-order chi connectivity index (χ0) is 16.7. The third kappa shape index (κ3) is 2.17. The van der Waals surface area contributed by atoms with E-state index in [1.165, 1.54) is 7.05 Å². The molecule has 0 spiro atoms. The first-order valence-corrected chi connectivity index (χ1v) is 7.88. The summed E-state index contributed by atoms with van der Waals surface area (Å²) in [5.74, 6) is 0.